The van der Waals surface area contributed by atoms with Crippen LogP contribution in [-0.4, -0.2) is 39.5 Å². The standard InChI is InChI=1S/C28H34F3N5O3/c1-16(19-11-20(28(29,30)31)14-21(32)12-19)33-24-23-13-17(8-9-22(23)25(37)35(5)34-24)18-7-6-10-36(15-18)26(38)39-27(2,3)4/h8-9,11-14,16,18H,6-7,10,15,32H2,1-5H3,(H,33,34)/t16-,18?/m1/s1. The van der Waals surface area contributed by atoms with E-state index >= 15 is 0 Å². The van der Waals surface area contributed by atoms with Crippen LogP contribution < -0.4 is 16.6 Å². The number of fused-ring (bicyclic) bond motifs is 1. The zero-order chi connectivity index (χ0) is 28.7. The first-order valence-electron chi connectivity index (χ1n) is 12.9. The summed E-state index contributed by atoms with van der Waals surface area (Å²) in [5, 5.41) is 8.54. The Morgan fingerprint density at radius 1 is 1.15 bits per heavy atom. The van der Waals surface area contributed by atoms with Gasteiger partial charge in [0.1, 0.15) is 5.60 Å². The first kappa shape index (κ1) is 28.3. The third-order valence-electron chi connectivity index (χ3n) is 6.78. The van der Waals surface area contributed by atoms with Crippen LogP contribution in [0.5, 0.6) is 0 Å². The van der Waals surface area contributed by atoms with E-state index in [1.807, 2.05) is 32.9 Å². The lowest BCUT2D eigenvalue weighted by Crippen LogP contribution is -2.42. The maximum absolute atomic E-state index is 13.4. The van der Waals surface area contributed by atoms with Gasteiger partial charge in [0.2, 0.25) is 0 Å². The molecule has 210 valence electrons. The first-order valence-corrected chi connectivity index (χ1v) is 12.9. The van der Waals surface area contributed by atoms with E-state index in [1.54, 1.807) is 17.9 Å². The monoisotopic (exact) mass is 545 g/mol. The molecule has 1 aromatic heterocycles. The van der Waals surface area contributed by atoms with E-state index in [0.717, 1.165) is 30.5 Å². The fourth-order valence-corrected chi connectivity index (χ4v) is 4.85. The number of hydrogen-bond donors (Lipinski definition) is 2. The Morgan fingerprint density at radius 3 is 2.54 bits per heavy atom. The smallest absolute Gasteiger partial charge is 0.416 e. The zero-order valence-electron chi connectivity index (χ0n) is 22.7. The molecule has 1 aliphatic rings. The lowest BCUT2D eigenvalue weighted by molar-refractivity contribution is -0.137. The number of carbonyl (C=O) groups excluding carboxylic acids is 1. The molecular formula is C28H34F3N5O3. The zero-order valence-corrected chi connectivity index (χ0v) is 22.7. The number of halogens is 3. The number of aryl methyl sites for hydroxylation is 1. The fraction of sp³-hybridized carbons (Fsp3) is 0.464. The van der Waals surface area contributed by atoms with Crippen LogP contribution in [0.3, 0.4) is 0 Å². The molecule has 0 saturated carbocycles. The molecule has 4 rings (SSSR count). The number of anilines is 2. The van der Waals surface area contributed by atoms with Gasteiger partial charge in [-0.05, 0) is 82.0 Å². The molecule has 1 unspecified atom stereocenters. The maximum Gasteiger partial charge on any atom is 0.416 e. The van der Waals surface area contributed by atoms with Gasteiger partial charge in [0.25, 0.3) is 5.56 Å². The molecule has 0 spiro atoms. The number of carbonyl (C=O) groups is 1. The lowest BCUT2D eigenvalue weighted by Gasteiger charge is -2.34. The van der Waals surface area contributed by atoms with E-state index in [-0.39, 0.29) is 23.3 Å². The Kier molecular flexibility index (Phi) is 7.55. The number of nitrogens with two attached hydrogens (primary N) is 1. The number of nitrogen functional groups attached to an aromatic ring is 1. The molecule has 0 aliphatic carbocycles. The van der Waals surface area contributed by atoms with Crippen LogP contribution in [0.1, 0.15) is 69.2 Å². The van der Waals surface area contributed by atoms with E-state index in [4.69, 9.17) is 10.5 Å². The van der Waals surface area contributed by atoms with Crippen molar-refractivity contribution in [3.05, 3.63) is 63.4 Å². The number of alkyl halides is 3. The highest BCUT2D eigenvalue weighted by Gasteiger charge is 2.32. The highest BCUT2D eigenvalue weighted by atomic mass is 19.4. The Labute approximate surface area is 224 Å². The summed E-state index contributed by atoms with van der Waals surface area (Å²) in [5.74, 6) is 0.380. The van der Waals surface area contributed by atoms with Crippen molar-refractivity contribution in [2.75, 3.05) is 24.1 Å². The second-order valence-electron chi connectivity index (χ2n) is 11.1. The van der Waals surface area contributed by atoms with Crippen molar-refractivity contribution in [1.82, 2.24) is 14.7 Å². The Hall–Kier alpha value is -3.76. The quantitative estimate of drug-likeness (QED) is 0.401. The van der Waals surface area contributed by atoms with Crippen LogP contribution in [0.25, 0.3) is 10.8 Å². The first-order chi connectivity index (χ1) is 18.1. The Bertz CT molecular complexity index is 1450. The highest BCUT2D eigenvalue weighted by molar-refractivity contribution is 5.91. The van der Waals surface area contributed by atoms with Crippen molar-refractivity contribution in [1.29, 1.82) is 0 Å². The molecule has 1 fully saturated rings. The molecule has 3 aromatic rings. The van der Waals surface area contributed by atoms with Gasteiger partial charge in [-0.3, -0.25) is 4.79 Å². The molecule has 11 heteroatoms. The second kappa shape index (κ2) is 10.4. The lowest BCUT2D eigenvalue weighted by atomic mass is 9.89. The molecule has 1 aliphatic heterocycles. The number of nitrogens with zero attached hydrogens (tertiary/aromatic N) is 3. The molecule has 2 atom stereocenters. The van der Waals surface area contributed by atoms with Gasteiger partial charge in [0.15, 0.2) is 5.82 Å². The molecule has 2 aromatic carbocycles. The number of benzene rings is 2. The van der Waals surface area contributed by atoms with Crippen LogP contribution in [0.4, 0.5) is 29.5 Å². The Balaban J connectivity index is 1.67. The summed E-state index contributed by atoms with van der Waals surface area (Å²) in [4.78, 5) is 27.2. The predicted molar refractivity (Wildman–Crippen MR) is 145 cm³/mol. The highest BCUT2D eigenvalue weighted by Crippen LogP contribution is 2.35. The number of likely N-dealkylation sites (tertiary alicyclic amines) is 1. The van der Waals surface area contributed by atoms with E-state index < -0.39 is 23.4 Å². The van der Waals surface area contributed by atoms with Crippen molar-refractivity contribution in [2.45, 2.75) is 64.3 Å². The number of ether oxygens (including phenoxy) is 1. The molecule has 1 amide bonds. The number of hydrogen-bond acceptors (Lipinski definition) is 6. The third kappa shape index (κ3) is 6.46. The van der Waals surface area contributed by atoms with Gasteiger partial charge >= 0.3 is 12.3 Å². The van der Waals surface area contributed by atoms with Gasteiger partial charge in [-0.2, -0.15) is 18.3 Å². The summed E-state index contributed by atoms with van der Waals surface area (Å²) in [6.45, 7) is 8.26. The summed E-state index contributed by atoms with van der Waals surface area (Å²) in [7, 11) is 1.52. The molecule has 2 heterocycles. The van der Waals surface area contributed by atoms with E-state index in [9.17, 15) is 22.8 Å². The predicted octanol–water partition coefficient (Wildman–Crippen LogP) is 5.82. The Morgan fingerprint density at radius 2 is 1.87 bits per heavy atom. The van der Waals surface area contributed by atoms with E-state index in [1.165, 1.54) is 17.8 Å². The topological polar surface area (TPSA) is 102 Å². The van der Waals surface area contributed by atoms with Gasteiger partial charge < -0.3 is 20.7 Å². The van der Waals surface area contributed by atoms with Crippen molar-refractivity contribution < 1.29 is 22.7 Å². The van der Waals surface area contributed by atoms with Crippen molar-refractivity contribution in [3.8, 4) is 0 Å². The molecule has 0 bridgehead atoms. The van der Waals surface area contributed by atoms with Gasteiger partial charge in [-0.25, -0.2) is 9.48 Å². The van der Waals surface area contributed by atoms with Crippen LogP contribution in [0.15, 0.2) is 41.2 Å². The number of amides is 1. The minimum absolute atomic E-state index is 0.000815. The maximum atomic E-state index is 13.4. The van der Waals surface area contributed by atoms with E-state index in [0.29, 0.717) is 35.2 Å². The van der Waals surface area contributed by atoms with Crippen molar-refractivity contribution >= 4 is 28.4 Å². The van der Waals surface area contributed by atoms with Crippen LogP contribution in [-0.2, 0) is 18.0 Å². The third-order valence-corrected chi connectivity index (χ3v) is 6.78. The minimum Gasteiger partial charge on any atom is -0.444 e. The molecule has 39 heavy (non-hydrogen) atoms. The fourth-order valence-electron chi connectivity index (χ4n) is 4.85. The molecule has 0 radical (unpaired) electrons. The second-order valence-corrected chi connectivity index (χ2v) is 11.1. The number of nitrogens with one attached hydrogen (secondary N) is 1. The van der Waals surface area contributed by atoms with Gasteiger partial charge in [-0.15, -0.1) is 0 Å². The number of aromatic nitrogens is 2. The summed E-state index contributed by atoms with van der Waals surface area (Å²) >= 11 is 0. The SMILES string of the molecule is C[C@@H](Nc1nn(C)c(=O)c2ccc(C3CCCN(C(=O)OC(C)(C)C)C3)cc12)c1cc(N)cc(C(F)(F)F)c1. The van der Waals surface area contributed by atoms with Crippen LogP contribution >= 0.6 is 0 Å². The number of piperidine rings is 1. The molecule has 1 saturated heterocycles. The molecule has 8 nitrogen and oxygen atoms in total. The van der Waals surface area contributed by atoms with Crippen molar-refractivity contribution in [3.63, 3.8) is 0 Å². The van der Waals surface area contributed by atoms with Gasteiger partial charge in [0.05, 0.1) is 17.0 Å². The summed E-state index contributed by atoms with van der Waals surface area (Å²) in [5.41, 5.74) is 5.31. The normalized spacial score (nSPS) is 17.2. The molecule has 3 N–H and O–H groups in total. The number of rotatable bonds is 4. The average molecular weight is 546 g/mol. The van der Waals surface area contributed by atoms with Crippen LogP contribution in [0.2, 0.25) is 0 Å². The largest absolute Gasteiger partial charge is 0.444 e. The summed E-state index contributed by atoms with van der Waals surface area (Å²) in [6.07, 6.45) is -3.24. The molecular weight excluding hydrogens is 511 g/mol. The van der Waals surface area contributed by atoms with E-state index in [2.05, 4.69) is 10.4 Å². The van der Waals surface area contributed by atoms with Gasteiger partial charge in [-0.1, -0.05) is 6.07 Å². The minimum atomic E-state index is -4.53. The summed E-state index contributed by atoms with van der Waals surface area (Å²) in [6, 6.07) is 8.33. The van der Waals surface area contributed by atoms with Gasteiger partial charge in [0, 0.05) is 37.1 Å². The summed E-state index contributed by atoms with van der Waals surface area (Å²) < 4.78 is 46.8. The van der Waals surface area contributed by atoms with Crippen molar-refractivity contribution in [2.24, 2.45) is 7.05 Å². The van der Waals surface area contributed by atoms with Crippen LogP contribution in [0, 0.1) is 0 Å². The average Bonchev–Trinajstić information content (AvgIpc) is 2.85.